The maximum absolute atomic E-state index is 11.9. The van der Waals surface area contributed by atoms with Gasteiger partial charge < -0.3 is 21.3 Å². The van der Waals surface area contributed by atoms with Gasteiger partial charge in [-0.2, -0.15) is 0 Å². The van der Waals surface area contributed by atoms with Crippen molar-refractivity contribution in [1.29, 1.82) is 0 Å². The molecule has 1 unspecified atom stereocenters. The van der Waals surface area contributed by atoms with Crippen molar-refractivity contribution < 1.29 is 15.0 Å². The van der Waals surface area contributed by atoms with Crippen molar-refractivity contribution in [1.82, 2.24) is 5.32 Å². The third-order valence-electron chi connectivity index (χ3n) is 3.97. The van der Waals surface area contributed by atoms with E-state index in [0.717, 1.165) is 24.8 Å². The van der Waals surface area contributed by atoms with Crippen LogP contribution in [0.1, 0.15) is 24.8 Å². The largest absolute Gasteiger partial charge is 0.508 e. The van der Waals surface area contributed by atoms with Gasteiger partial charge in [0.05, 0.1) is 6.04 Å². The topological polar surface area (TPSA) is 95.6 Å². The number of nitrogens with two attached hydrogens (primary N) is 1. The van der Waals surface area contributed by atoms with Gasteiger partial charge in [0, 0.05) is 13.2 Å². The van der Waals surface area contributed by atoms with E-state index in [2.05, 4.69) is 5.32 Å². The van der Waals surface area contributed by atoms with Crippen molar-refractivity contribution in [3.05, 3.63) is 29.8 Å². The third kappa shape index (κ3) is 3.95. The quantitative estimate of drug-likeness (QED) is 0.585. The molecule has 0 bridgehead atoms. The Kier molecular flexibility index (Phi) is 4.62. The molecule has 1 amide bonds. The van der Waals surface area contributed by atoms with Gasteiger partial charge in [-0.1, -0.05) is 12.1 Å². The van der Waals surface area contributed by atoms with Crippen LogP contribution in [-0.4, -0.2) is 35.3 Å². The molecule has 5 N–H and O–H groups in total. The molecule has 5 nitrogen and oxygen atoms in total. The second kappa shape index (κ2) is 6.24. The van der Waals surface area contributed by atoms with Gasteiger partial charge in [0.25, 0.3) is 0 Å². The molecule has 1 saturated carbocycles. The fraction of sp³-hybridized carbons (Fsp3) is 0.533. The first-order chi connectivity index (χ1) is 9.54. The average molecular weight is 278 g/mol. The van der Waals surface area contributed by atoms with E-state index in [4.69, 9.17) is 10.8 Å². The Morgan fingerprint density at radius 1 is 1.35 bits per heavy atom. The predicted octanol–water partition coefficient (Wildman–Crippen LogP) is 0.541. The molecule has 2 rings (SSSR count). The number of phenolic OH excluding ortho intramolecular Hbond substituents is 1. The van der Waals surface area contributed by atoms with Gasteiger partial charge in [-0.15, -0.1) is 0 Å². The van der Waals surface area contributed by atoms with Crippen molar-refractivity contribution in [2.45, 2.75) is 31.7 Å². The zero-order valence-electron chi connectivity index (χ0n) is 11.5. The Labute approximate surface area is 118 Å². The lowest BCUT2D eigenvalue weighted by Crippen LogP contribution is -2.44. The number of phenols is 1. The molecular formula is C15H22N2O3. The molecule has 1 fully saturated rings. The van der Waals surface area contributed by atoms with Gasteiger partial charge >= 0.3 is 0 Å². The van der Waals surface area contributed by atoms with Gasteiger partial charge in [-0.3, -0.25) is 4.79 Å². The highest BCUT2D eigenvalue weighted by Gasteiger charge is 2.42. The molecule has 1 aliphatic rings. The Morgan fingerprint density at radius 2 is 2.00 bits per heavy atom. The van der Waals surface area contributed by atoms with E-state index in [-0.39, 0.29) is 23.7 Å². The molecule has 0 aromatic heterocycles. The van der Waals surface area contributed by atoms with Crippen molar-refractivity contribution >= 4 is 5.91 Å². The summed E-state index contributed by atoms with van der Waals surface area (Å²) in [7, 11) is 0. The predicted molar refractivity (Wildman–Crippen MR) is 76.2 cm³/mol. The van der Waals surface area contributed by atoms with Crippen LogP contribution in [0.4, 0.5) is 0 Å². The molecule has 110 valence electrons. The fourth-order valence-corrected chi connectivity index (χ4v) is 2.31. The number of carbonyl (C=O) groups is 1. The average Bonchev–Trinajstić information content (AvgIpc) is 3.19. The SMILES string of the molecule is NC(Cc1ccc(O)cc1)C(=O)NCC1(CCO)CC1. The van der Waals surface area contributed by atoms with E-state index in [9.17, 15) is 9.90 Å². The minimum atomic E-state index is -0.593. The molecule has 1 atom stereocenters. The number of hydrogen-bond acceptors (Lipinski definition) is 4. The number of hydrogen-bond donors (Lipinski definition) is 4. The summed E-state index contributed by atoms with van der Waals surface area (Å²) in [5, 5.41) is 21.1. The highest BCUT2D eigenvalue weighted by atomic mass is 16.3. The number of benzene rings is 1. The van der Waals surface area contributed by atoms with Gasteiger partial charge in [-0.05, 0) is 48.8 Å². The number of aromatic hydroxyl groups is 1. The summed E-state index contributed by atoms with van der Waals surface area (Å²) < 4.78 is 0. The fourth-order valence-electron chi connectivity index (χ4n) is 2.31. The van der Waals surface area contributed by atoms with Crippen LogP contribution in [0.25, 0.3) is 0 Å². The Hall–Kier alpha value is -1.59. The lowest BCUT2D eigenvalue weighted by molar-refractivity contribution is -0.122. The zero-order chi connectivity index (χ0) is 14.6. The summed E-state index contributed by atoms with van der Waals surface area (Å²) in [5.41, 5.74) is 6.91. The molecule has 1 aromatic rings. The summed E-state index contributed by atoms with van der Waals surface area (Å²) in [4.78, 5) is 11.9. The van der Waals surface area contributed by atoms with E-state index in [1.165, 1.54) is 0 Å². The summed E-state index contributed by atoms with van der Waals surface area (Å²) in [5.74, 6) is 0.0359. The van der Waals surface area contributed by atoms with Gasteiger partial charge in [-0.25, -0.2) is 0 Å². The first-order valence-electron chi connectivity index (χ1n) is 6.97. The molecule has 0 heterocycles. The molecule has 5 heteroatoms. The van der Waals surface area contributed by atoms with Crippen molar-refractivity contribution in [3.8, 4) is 5.75 Å². The third-order valence-corrected chi connectivity index (χ3v) is 3.97. The minimum absolute atomic E-state index is 0.0999. The summed E-state index contributed by atoms with van der Waals surface area (Å²) in [6, 6.07) is 6.10. The van der Waals surface area contributed by atoms with E-state index in [1.54, 1.807) is 24.3 Å². The van der Waals surface area contributed by atoms with Crippen LogP contribution in [0.2, 0.25) is 0 Å². The van der Waals surface area contributed by atoms with E-state index in [1.807, 2.05) is 0 Å². The van der Waals surface area contributed by atoms with Crippen molar-refractivity contribution in [2.24, 2.45) is 11.1 Å². The standard InChI is InChI=1S/C15H22N2O3/c16-13(9-11-1-3-12(19)4-2-11)14(20)17-10-15(5-6-15)7-8-18/h1-4,13,18-19H,5-10,16H2,(H,17,20). The number of aliphatic hydroxyl groups excluding tert-OH is 1. The number of aliphatic hydroxyl groups is 1. The second-order valence-electron chi connectivity index (χ2n) is 5.67. The summed E-state index contributed by atoms with van der Waals surface area (Å²) in [6.07, 6.45) is 3.29. The van der Waals surface area contributed by atoms with Crippen LogP contribution in [0.3, 0.4) is 0 Å². The van der Waals surface area contributed by atoms with Crippen LogP contribution in [0.5, 0.6) is 5.75 Å². The monoisotopic (exact) mass is 278 g/mol. The van der Waals surface area contributed by atoms with Gasteiger partial charge in [0.2, 0.25) is 5.91 Å². The van der Waals surface area contributed by atoms with Crippen LogP contribution in [-0.2, 0) is 11.2 Å². The highest BCUT2D eigenvalue weighted by molar-refractivity contribution is 5.81. The van der Waals surface area contributed by atoms with Crippen molar-refractivity contribution in [2.75, 3.05) is 13.2 Å². The highest BCUT2D eigenvalue weighted by Crippen LogP contribution is 2.47. The molecule has 1 aromatic carbocycles. The molecule has 1 aliphatic carbocycles. The van der Waals surface area contributed by atoms with E-state index in [0.29, 0.717) is 13.0 Å². The molecule has 20 heavy (non-hydrogen) atoms. The molecule has 0 spiro atoms. The first-order valence-corrected chi connectivity index (χ1v) is 6.97. The van der Waals surface area contributed by atoms with Crippen LogP contribution < -0.4 is 11.1 Å². The van der Waals surface area contributed by atoms with Crippen molar-refractivity contribution in [3.63, 3.8) is 0 Å². The normalized spacial score (nSPS) is 17.5. The van der Waals surface area contributed by atoms with E-state index < -0.39 is 6.04 Å². The molecule has 0 radical (unpaired) electrons. The molecular weight excluding hydrogens is 256 g/mol. The Balaban J connectivity index is 1.78. The van der Waals surface area contributed by atoms with Gasteiger partial charge in [0.15, 0.2) is 0 Å². The molecule has 0 saturated heterocycles. The van der Waals surface area contributed by atoms with Gasteiger partial charge in [0.1, 0.15) is 5.75 Å². The molecule has 0 aliphatic heterocycles. The van der Waals surface area contributed by atoms with Crippen LogP contribution in [0, 0.1) is 5.41 Å². The lowest BCUT2D eigenvalue weighted by Gasteiger charge is -2.17. The Morgan fingerprint density at radius 3 is 2.55 bits per heavy atom. The summed E-state index contributed by atoms with van der Waals surface area (Å²) >= 11 is 0. The lowest BCUT2D eigenvalue weighted by atomic mass is 10.0. The zero-order valence-corrected chi connectivity index (χ0v) is 11.5. The maximum atomic E-state index is 11.9. The minimum Gasteiger partial charge on any atom is -0.508 e. The van der Waals surface area contributed by atoms with Crippen LogP contribution in [0.15, 0.2) is 24.3 Å². The number of nitrogens with one attached hydrogen (secondary N) is 1. The van der Waals surface area contributed by atoms with E-state index >= 15 is 0 Å². The maximum Gasteiger partial charge on any atom is 0.237 e. The second-order valence-corrected chi connectivity index (χ2v) is 5.67. The Bertz CT molecular complexity index is 455. The number of rotatable bonds is 7. The number of amides is 1. The van der Waals surface area contributed by atoms with Crippen LogP contribution >= 0.6 is 0 Å². The summed E-state index contributed by atoms with van der Waals surface area (Å²) in [6.45, 7) is 0.755. The smallest absolute Gasteiger partial charge is 0.237 e. The number of carbonyl (C=O) groups excluding carboxylic acids is 1. The first kappa shape index (κ1) is 14.8.